The number of likely N-dealkylation sites (N-methyl/N-ethyl adjacent to an activating group) is 2. The van der Waals surface area contributed by atoms with Gasteiger partial charge in [0.25, 0.3) is 0 Å². The second-order valence-electron chi connectivity index (χ2n) is 3.59. The van der Waals surface area contributed by atoms with Crippen LogP contribution in [0, 0.1) is 0 Å². The monoisotopic (exact) mass is 220 g/mol. The number of nitrogens with one attached hydrogen (secondary N) is 1. The van der Waals surface area contributed by atoms with Crippen molar-refractivity contribution in [1.29, 1.82) is 0 Å². The molecule has 0 unspecified atom stereocenters. The summed E-state index contributed by atoms with van der Waals surface area (Å²) in [6, 6.07) is 9.17. The lowest BCUT2D eigenvalue weighted by Gasteiger charge is -2.22. The Balaban J connectivity index is 2.79. The maximum atomic E-state index is 11.6. The third-order valence-corrected chi connectivity index (χ3v) is 2.48. The van der Waals surface area contributed by atoms with Crippen LogP contribution in [0.4, 0.5) is 0 Å². The molecule has 0 bridgehead atoms. The number of carbonyl (C=O) groups is 2. The molecule has 0 aromatic heterocycles. The Labute approximate surface area is 95.3 Å². The van der Waals surface area contributed by atoms with E-state index in [0.717, 1.165) is 5.56 Å². The first-order chi connectivity index (χ1) is 7.69. The predicted octanol–water partition coefficient (Wildman–Crippen LogP) is 0.432. The highest BCUT2D eigenvalue weighted by Crippen LogP contribution is 2.06. The molecule has 1 aromatic carbocycles. The molecule has 0 radical (unpaired) electrons. The van der Waals surface area contributed by atoms with Gasteiger partial charge in [-0.15, -0.1) is 0 Å². The zero-order valence-corrected chi connectivity index (χ0v) is 9.51. The molecule has 1 aromatic rings. The molecule has 16 heavy (non-hydrogen) atoms. The first kappa shape index (κ1) is 12.2. The van der Waals surface area contributed by atoms with Crippen molar-refractivity contribution in [2.24, 2.45) is 0 Å². The molecule has 0 saturated carbocycles. The molecule has 0 spiro atoms. The van der Waals surface area contributed by atoms with E-state index in [9.17, 15) is 9.59 Å². The van der Waals surface area contributed by atoms with Gasteiger partial charge in [0.05, 0.1) is 0 Å². The Hall–Kier alpha value is -1.84. The van der Waals surface area contributed by atoms with Gasteiger partial charge in [0.15, 0.2) is 0 Å². The Morgan fingerprint density at radius 3 is 2.56 bits per heavy atom. The molecule has 1 N–H and O–H groups in total. The van der Waals surface area contributed by atoms with Crippen LogP contribution < -0.4 is 5.32 Å². The average molecular weight is 220 g/mol. The lowest BCUT2D eigenvalue weighted by atomic mass is 10.0. The summed E-state index contributed by atoms with van der Waals surface area (Å²) in [5.41, 5.74) is 1.03. The van der Waals surface area contributed by atoms with Crippen LogP contribution in [0.1, 0.15) is 5.56 Å². The fourth-order valence-corrected chi connectivity index (χ4v) is 1.50. The minimum absolute atomic E-state index is 0.154. The van der Waals surface area contributed by atoms with Gasteiger partial charge in [0.1, 0.15) is 6.04 Å². The number of nitrogens with zero attached hydrogens (tertiary/aromatic N) is 1. The van der Waals surface area contributed by atoms with E-state index in [1.165, 1.54) is 4.90 Å². The summed E-state index contributed by atoms with van der Waals surface area (Å²) in [6.45, 7) is 0. The van der Waals surface area contributed by atoms with Crippen molar-refractivity contribution in [3.8, 4) is 0 Å². The molecule has 0 saturated heterocycles. The van der Waals surface area contributed by atoms with E-state index < -0.39 is 6.04 Å². The smallest absolute Gasteiger partial charge is 0.242 e. The van der Waals surface area contributed by atoms with Crippen molar-refractivity contribution in [2.45, 2.75) is 12.5 Å². The van der Waals surface area contributed by atoms with Crippen LogP contribution in [0.5, 0.6) is 0 Å². The summed E-state index contributed by atoms with van der Waals surface area (Å²) in [7, 11) is 3.18. The van der Waals surface area contributed by atoms with E-state index in [2.05, 4.69) is 5.32 Å². The Morgan fingerprint density at radius 1 is 1.44 bits per heavy atom. The van der Waals surface area contributed by atoms with E-state index in [1.807, 2.05) is 30.3 Å². The Kier molecular flexibility index (Phi) is 4.51. The molecule has 4 heteroatoms. The maximum Gasteiger partial charge on any atom is 0.242 e. The normalized spacial score (nSPS) is 11.6. The van der Waals surface area contributed by atoms with Gasteiger partial charge < -0.3 is 10.2 Å². The zero-order chi connectivity index (χ0) is 12.0. The van der Waals surface area contributed by atoms with Crippen molar-refractivity contribution in [3.05, 3.63) is 35.9 Å². The molecule has 86 valence electrons. The van der Waals surface area contributed by atoms with Gasteiger partial charge in [0, 0.05) is 20.5 Å². The fraction of sp³-hybridized carbons (Fsp3) is 0.333. The third kappa shape index (κ3) is 3.08. The molecule has 0 aliphatic rings. The van der Waals surface area contributed by atoms with Crippen molar-refractivity contribution < 1.29 is 9.59 Å². The Morgan fingerprint density at radius 2 is 2.06 bits per heavy atom. The number of hydrogen-bond acceptors (Lipinski definition) is 2. The van der Waals surface area contributed by atoms with Gasteiger partial charge in [-0.25, -0.2) is 0 Å². The Bertz CT molecular complexity index is 351. The summed E-state index contributed by atoms with van der Waals surface area (Å²) >= 11 is 0. The second kappa shape index (κ2) is 5.90. The lowest BCUT2D eigenvalue weighted by Crippen LogP contribution is -2.44. The zero-order valence-electron chi connectivity index (χ0n) is 9.51. The van der Waals surface area contributed by atoms with Crippen molar-refractivity contribution in [3.63, 3.8) is 0 Å². The first-order valence-corrected chi connectivity index (χ1v) is 5.11. The molecule has 2 amide bonds. The van der Waals surface area contributed by atoms with E-state index >= 15 is 0 Å². The number of rotatable bonds is 5. The van der Waals surface area contributed by atoms with Crippen LogP contribution in [0.3, 0.4) is 0 Å². The van der Waals surface area contributed by atoms with Crippen LogP contribution in [-0.2, 0) is 16.0 Å². The SMILES string of the molecule is CNC(=O)[C@@H](Cc1ccccc1)N(C)C=O. The maximum absolute atomic E-state index is 11.6. The van der Waals surface area contributed by atoms with Crippen LogP contribution in [0.15, 0.2) is 30.3 Å². The summed E-state index contributed by atoms with van der Waals surface area (Å²) in [5, 5.41) is 2.56. The highest BCUT2D eigenvalue weighted by atomic mass is 16.2. The van der Waals surface area contributed by atoms with Crippen LogP contribution in [0.25, 0.3) is 0 Å². The minimum atomic E-state index is -0.454. The average Bonchev–Trinajstić information content (AvgIpc) is 2.35. The van der Waals surface area contributed by atoms with Crippen LogP contribution in [-0.4, -0.2) is 37.4 Å². The quantitative estimate of drug-likeness (QED) is 0.732. The van der Waals surface area contributed by atoms with Crippen LogP contribution in [0.2, 0.25) is 0 Å². The summed E-state index contributed by atoms with van der Waals surface area (Å²) in [6.07, 6.45) is 1.19. The highest BCUT2D eigenvalue weighted by molar-refractivity contribution is 5.83. The first-order valence-electron chi connectivity index (χ1n) is 5.11. The third-order valence-electron chi connectivity index (χ3n) is 2.48. The van der Waals surface area contributed by atoms with Crippen LogP contribution >= 0.6 is 0 Å². The molecule has 0 aliphatic heterocycles. The van der Waals surface area contributed by atoms with Crippen molar-refractivity contribution in [1.82, 2.24) is 10.2 Å². The van der Waals surface area contributed by atoms with Gasteiger partial charge in [-0.05, 0) is 5.56 Å². The fourth-order valence-electron chi connectivity index (χ4n) is 1.50. The molecular weight excluding hydrogens is 204 g/mol. The van der Waals surface area contributed by atoms with Gasteiger partial charge in [-0.3, -0.25) is 9.59 Å². The standard InChI is InChI=1S/C12H16N2O2/c1-13-12(16)11(14(2)9-15)8-10-6-4-3-5-7-10/h3-7,9,11H,8H2,1-2H3,(H,13,16)/t11-/m1/s1. The highest BCUT2D eigenvalue weighted by Gasteiger charge is 2.21. The van der Waals surface area contributed by atoms with E-state index in [0.29, 0.717) is 12.8 Å². The van der Waals surface area contributed by atoms with E-state index in [1.54, 1.807) is 14.1 Å². The molecule has 4 nitrogen and oxygen atoms in total. The lowest BCUT2D eigenvalue weighted by molar-refractivity contribution is -0.131. The van der Waals surface area contributed by atoms with Gasteiger partial charge in [-0.2, -0.15) is 0 Å². The second-order valence-corrected chi connectivity index (χ2v) is 3.59. The summed E-state index contributed by atoms with van der Waals surface area (Å²) < 4.78 is 0. The van der Waals surface area contributed by atoms with E-state index in [4.69, 9.17) is 0 Å². The van der Waals surface area contributed by atoms with Gasteiger partial charge >= 0.3 is 0 Å². The molecule has 1 atom stereocenters. The summed E-state index contributed by atoms with van der Waals surface area (Å²) in [5.74, 6) is -0.154. The summed E-state index contributed by atoms with van der Waals surface area (Å²) in [4.78, 5) is 23.7. The largest absolute Gasteiger partial charge is 0.357 e. The van der Waals surface area contributed by atoms with Crippen molar-refractivity contribution >= 4 is 12.3 Å². The molecule has 0 heterocycles. The molecular formula is C12H16N2O2. The van der Waals surface area contributed by atoms with Gasteiger partial charge in [0.2, 0.25) is 12.3 Å². The predicted molar refractivity (Wildman–Crippen MR) is 61.8 cm³/mol. The minimum Gasteiger partial charge on any atom is -0.357 e. The number of carbonyl (C=O) groups excluding carboxylic acids is 2. The molecule has 0 fully saturated rings. The molecule has 0 aliphatic carbocycles. The topological polar surface area (TPSA) is 49.4 Å². The number of amides is 2. The number of benzene rings is 1. The van der Waals surface area contributed by atoms with Crippen molar-refractivity contribution in [2.75, 3.05) is 14.1 Å². The number of hydrogen-bond donors (Lipinski definition) is 1. The van der Waals surface area contributed by atoms with Gasteiger partial charge in [-0.1, -0.05) is 30.3 Å². The molecule has 1 rings (SSSR count). The van der Waals surface area contributed by atoms with E-state index in [-0.39, 0.29) is 5.91 Å².